The summed E-state index contributed by atoms with van der Waals surface area (Å²) < 4.78 is 103. The molecule has 2 saturated heterocycles. The van der Waals surface area contributed by atoms with Gasteiger partial charge in [-0.25, -0.2) is 44.9 Å². The number of hydrogen-bond donors (Lipinski definition) is 1. The smallest absolute Gasteiger partial charge is 0.326 e. The van der Waals surface area contributed by atoms with Crippen molar-refractivity contribution in [3.05, 3.63) is 41.3 Å². The molecule has 0 radical (unpaired) electrons. The number of hydrogen-bond acceptors (Lipinski definition) is 6. The number of anilines is 1. The van der Waals surface area contributed by atoms with Crippen molar-refractivity contribution >= 4 is 33.0 Å². The lowest BCUT2D eigenvalue weighted by atomic mass is 10.0. The van der Waals surface area contributed by atoms with Crippen molar-refractivity contribution in [1.82, 2.24) is 19.8 Å². The minimum atomic E-state index is -3.98. The highest BCUT2D eigenvalue weighted by Gasteiger charge is 2.63. The van der Waals surface area contributed by atoms with Crippen LogP contribution in [0.25, 0.3) is 22.2 Å². The lowest BCUT2D eigenvalue weighted by molar-refractivity contribution is -0.0324. The van der Waals surface area contributed by atoms with Crippen LogP contribution in [-0.4, -0.2) is 66.8 Å². The van der Waals surface area contributed by atoms with Gasteiger partial charge in [0.05, 0.1) is 23.8 Å². The summed E-state index contributed by atoms with van der Waals surface area (Å²) >= 11 is 0. The third-order valence-electron chi connectivity index (χ3n) is 5.94. The Labute approximate surface area is 194 Å². The first-order valence-corrected chi connectivity index (χ1v) is 12.0. The predicted octanol–water partition coefficient (Wildman–Crippen LogP) is 2.79. The van der Waals surface area contributed by atoms with Gasteiger partial charge in [0.2, 0.25) is 10.0 Å². The first-order valence-electron chi connectivity index (χ1n) is 10.1. The summed E-state index contributed by atoms with van der Waals surface area (Å²) in [6.07, 6.45) is 0.729. The Kier molecular flexibility index (Phi) is 5.07. The number of carbonyl (C=O) groups is 1. The predicted molar refractivity (Wildman–Crippen MR) is 112 cm³/mol. The SMILES string of the molecule is Cc1cc(-c2c(F)cc(F)cc2F)c2c(N3C[C@H]4N(C[C@@H](NS(C)(=O)=O)C4(F)F)C3=O)noc2n1. The Morgan fingerprint density at radius 3 is 2.40 bits per heavy atom. The van der Waals surface area contributed by atoms with E-state index in [1.54, 1.807) is 0 Å². The van der Waals surface area contributed by atoms with E-state index in [-0.39, 0.29) is 28.2 Å². The molecular weight excluding hydrogens is 501 g/mol. The summed E-state index contributed by atoms with van der Waals surface area (Å²) in [6, 6.07) is -2.26. The quantitative estimate of drug-likeness (QED) is 0.534. The van der Waals surface area contributed by atoms with Gasteiger partial charge in [0.25, 0.3) is 11.6 Å². The van der Waals surface area contributed by atoms with Crippen LogP contribution in [0.2, 0.25) is 0 Å². The number of sulfonamides is 1. The maximum Gasteiger partial charge on any atom is 0.326 e. The first kappa shape index (κ1) is 23.4. The zero-order valence-electron chi connectivity index (χ0n) is 18.0. The number of pyridine rings is 1. The standard InChI is InChI=1S/C20H16F5N5O4S/c1-8-3-10(15-11(22)4-9(21)5-12(15)23)16-17(27-34-18(16)26-8)30-7-14-20(24,25)13(28-35(2,32)33)6-29(14)19(30)31/h3-5,13-14,28H,6-7H2,1-2H3/t13-,14-/m1/s1. The van der Waals surface area contributed by atoms with Crippen molar-refractivity contribution in [3.63, 3.8) is 0 Å². The Balaban J connectivity index is 1.60. The van der Waals surface area contributed by atoms with Crippen LogP contribution in [0.5, 0.6) is 0 Å². The molecule has 0 spiro atoms. The van der Waals surface area contributed by atoms with Gasteiger partial charge < -0.3 is 9.42 Å². The molecule has 3 aromatic rings. The molecule has 1 aromatic carbocycles. The van der Waals surface area contributed by atoms with Crippen molar-refractivity contribution < 1.29 is 39.7 Å². The number of carbonyl (C=O) groups excluding carboxylic acids is 1. The Hall–Kier alpha value is -3.33. The van der Waals surface area contributed by atoms with Crippen LogP contribution in [0, 0.1) is 24.4 Å². The van der Waals surface area contributed by atoms with Gasteiger partial charge in [-0.3, -0.25) is 4.90 Å². The Bertz CT molecular complexity index is 1470. The molecule has 0 saturated carbocycles. The van der Waals surface area contributed by atoms with Crippen LogP contribution >= 0.6 is 0 Å². The molecule has 2 amide bonds. The molecular formula is C20H16F5N5O4S. The van der Waals surface area contributed by atoms with Crippen molar-refractivity contribution in [1.29, 1.82) is 0 Å². The monoisotopic (exact) mass is 517 g/mol. The lowest BCUT2D eigenvalue weighted by Crippen LogP contribution is -2.50. The summed E-state index contributed by atoms with van der Waals surface area (Å²) in [6.45, 7) is 0.273. The van der Waals surface area contributed by atoms with E-state index >= 15 is 0 Å². The topological polar surface area (TPSA) is 109 Å². The normalized spacial score (nSPS) is 21.9. The van der Waals surface area contributed by atoms with E-state index in [0.717, 1.165) is 16.1 Å². The molecule has 186 valence electrons. The van der Waals surface area contributed by atoms with Crippen molar-refractivity contribution in [2.45, 2.75) is 24.9 Å². The second kappa shape index (κ2) is 7.58. The van der Waals surface area contributed by atoms with Crippen molar-refractivity contribution in [2.24, 2.45) is 0 Å². The largest absolute Gasteiger partial charge is 0.334 e. The second-order valence-corrected chi connectivity index (χ2v) is 10.2. The van der Waals surface area contributed by atoms with Gasteiger partial charge in [-0.05, 0) is 13.0 Å². The number of urea groups is 1. The molecule has 9 nitrogen and oxygen atoms in total. The highest BCUT2D eigenvalue weighted by molar-refractivity contribution is 7.88. The average Bonchev–Trinajstić information content (AvgIpc) is 3.33. The van der Waals surface area contributed by atoms with Gasteiger partial charge in [0, 0.05) is 29.9 Å². The number of aromatic nitrogens is 2. The fourth-order valence-electron chi connectivity index (χ4n) is 4.51. The summed E-state index contributed by atoms with van der Waals surface area (Å²) in [5.41, 5.74) is -0.766. The summed E-state index contributed by atoms with van der Waals surface area (Å²) in [4.78, 5) is 18.8. The summed E-state index contributed by atoms with van der Waals surface area (Å²) in [7, 11) is -3.98. The Morgan fingerprint density at radius 2 is 1.80 bits per heavy atom. The van der Waals surface area contributed by atoms with E-state index in [1.807, 2.05) is 4.72 Å². The number of halogens is 5. The van der Waals surface area contributed by atoms with Crippen molar-refractivity contribution in [3.8, 4) is 11.1 Å². The second-order valence-electron chi connectivity index (χ2n) is 8.42. The number of fused-ring (bicyclic) bond motifs is 2. The highest BCUT2D eigenvalue weighted by atomic mass is 32.2. The zero-order chi connectivity index (χ0) is 25.4. The maximum absolute atomic E-state index is 15.0. The molecule has 2 aliphatic heterocycles. The van der Waals surface area contributed by atoms with Crippen LogP contribution < -0.4 is 9.62 Å². The number of benzene rings is 1. The molecule has 2 fully saturated rings. The fourth-order valence-corrected chi connectivity index (χ4v) is 5.26. The lowest BCUT2D eigenvalue weighted by Gasteiger charge is -2.23. The van der Waals surface area contributed by atoms with E-state index < -0.39 is 70.2 Å². The van der Waals surface area contributed by atoms with Crippen LogP contribution in [0.1, 0.15) is 5.69 Å². The molecule has 0 aliphatic carbocycles. The average molecular weight is 517 g/mol. The molecule has 1 N–H and O–H groups in total. The molecule has 2 atom stereocenters. The fraction of sp³-hybridized carbons (Fsp3) is 0.350. The van der Waals surface area contributed by atoms with Crippen LogP contribution in [-0.2, 0) is 10.0 Å². The molecule has 35 heavy (non-hydrogen) atoms. The van der Waals surface area contributed by atoms with E-state index in [0.29, 0.717) is 12.1 Å². The zero-order valence-corrected chi connectivity index (χ0v) is 18.8. The van der Waals surface area contributed by atoms with E-state index in [9.17, 15) is 35.2 Å². The highest BCUT2D eigenvalue weighted by Crippen LogP contribution is 2.43. The van der Waals surface area contributed by atoms with Gasteiger partial charge in [0.15, 0.2) is 5.82 Å². The Morgan fingerprint density at radius 1 is 1.14 bits per heavy atom. The van der Waals surface area contributed by atoms with Crippen LogP contribution in [0.15, 0.2) is 22.7 Å². The molecule has 15 heteroatoms. The van der Waals surface area contributed by atoms with Crippen LogP contribution in [0.3, 0.4) is 0 Å². The number of alkyl halides is 2. The van der Waals surface area contributed by atoms with Gasteiger partial charge in [0.1, 0.15) is 29.5 Å². The molecule has 2 aromatic heterocycles. The van der Waals surface area contributed by atoms with E-state index in [4.69, 9.17) is 4.52 Å². The number of nitrogens with zero attached hydrogens (tertiary/aromatic N) is 4. The van der Waals surface area contributed by atoms with Gasteiger partial charge in [-0.2, -0.15) is 0 Å². The molecule has 0 unspecified atom stereocenters. The molecule has 5 rings (SSSR count). The number of amides is 2. The minimum absolute atomic E-state index is 0.136. The third kappa shape index (κ3) is 3.69. The van der Waals surface area contributed by atoms with Gasteiger partial charge >= 0.3 is 6.03 Å². The van der Waals surface area contributed by atoms with Crippen LogP contribution in [0.4, 0.5) is 32.6 Å². The summed E-state index contributed by atoms with van der Waals surface area (Å²) in [5.74, 6) is -7.56. The van der Waals surface area contributed by atoms with E-state index in [2.05, 4.69) is 10.1 Å². The van der Waals surface area contributed by atoms with Gasteiger partial charge in [-0.1, -0.05) is 5.16 Å². The number of aryl methyl sites for hydroxylation is 1. The third-order valence-corrected chi connectivity index (χ3v) is 6.65. The maximum atomic E-state index is 15.0. The summed E-state index contributed by atoms with van der Waals surface area (Å²) in [5, 5.41) is 3.62. The first-order chi connectivity index (χ1) is 16.3. The van der Waals surface area contributed by atoms with E-state index in [1.165, 1.54) is 13.0 Å². The minimum Gasteiger partial charge on any atom is -0.334 e. The number of rotatable bonds is 4. The number of nitrogens with one attached hydrogen (secondary N) is 1. The molecule has 0 bridgehead atoms. The molecule has 4 heterocycles. The van der Waals surface area contributed by atoms with Crippen molar-refractivity contribution in [2.75, 3.05) is 24.2 Å². The van der Waals surface area contributed by atoms with Gasteiger partial charge in [-0.15, -0.1) is 0 Å². The molecule has 2 aliphatic rings.